The van der Waals surface area contributed by atoms with Crippen molar-refractivity contribution in [2.45, 2.75) is 39.2 Å². The van der Waals surface area contributed by atoms with Gasteiger partial charge in [0.05, 0.1) is 6.20 Å². The van der Waals surface area contributed by atoms with E-state index in [1.54, 1.807) is 10.7 Å². The van der Waals surface area contributed by atoms with Crippen LogP contribution in [0.1, 0.15) is 41.0 Å². The zero-order chi connectivity index (χ0) is 15.0. The number of aryl methyl sites for hydroxylation is 2. The number of aliphatic hydroxyl groups is 1. The zero-order valence-corrected chi connectivity index (χ0v) is 12.3. The molecule has 0 aliphatic heterocycles. The molecule has 6 heteroatoms. The first-order valence-corrected chi connectivity index (χ1v) is 7.34. The average Bonchev–Trinajstić information content (AvgIpc) is 3.04. The van der Waals surface area contributed by atoms with Crippen LogP contribution in [0.25, 0.3) is 5.65 Å². The van der Waals surface area contributed by atoms with E-state index in [4.69, 9.17) is 0 Å². The molecule has 1 saturated carbocycles. The van der Waals surface area contributed by atoms with Gasteiger partial charge in [-0.25, -0.2) is 9.50 Å². The first-order chi connectivity index (χ1) is 10.1. The molecule has 6 nitrogen and oxygen atoms in total. The highest BCUT2D eigenvalue weighted by atomic mass is 16.3. The van der Waals surface area contributed by atoms with Crippen molar-refractivity contribution < 1.29 is 9.90 Å². The van der Waals surface area contributed by atoms with Crippen LogP contribution in [-0.4, -0.2) is 38.3 Å². The standard InChI is InChI=1S/C15H20N4O2/c1-9-6-10(2)19-14(17-9)12(7-16-19)15(21)18-13-5-3-4-11(13)8-20/h6-7,11,13,20H,3-5,8H2,1-2H3,(H,18,21). The van der Waals surface area contributed by atoms with E-state index in [0.29, 0.717) is 11.2 Å². The van der Waals surface area contributed by atoms with Crippen molar-refractivity contribution in [1.82, 2.24) is 19.9 Å². The van der Waals surface area contributed by atoms with Crippen LogP contribution in [-0.2, 0) is 0 Å². The summed E-state index contributed by atoms with van der Waals surface area (Å²) in [5.74, 6) is 0.0000649. The lowest BCUT2D eigenvalue weighted by Gasteiger charge is -2.18. The number of aliphatic hydroxyl groups excluding tert-OH is 1. The van der Waals surface area contributed by atoms with E-state index in [2.05, 4.69) is 15.4 Å². The Morgan fingerprint density at radius 1 is 1.48 bits per heavy atom. The molecule has 2 N–H and O–H groups in total. The number of nitrogens with zero attached hydrogens (tertiary/aromatic N) is 3. The van der Waals surface area contributed by atoms with E-state index in [9.17, 15) is 9.90 Å². The summed E-state index contributed by atoms with van der Waals surface area (Å²) in [6.45, 7) is 3.96. The lowest BCUT2D eigenvalue weighted by Crippen LogP contribution is -2.38. The number of nitrogens with one attached hydrogen (secondary N) is 1. The van der Waals surface area contributed by atoms with E-state index in [0.717, 1.165) is 30.7 Å². The van der Waals surface area contributed by atoms with Crippen molar-refractivity contribution >= 4 is 11.6 Å². The molecule has 0 spiro atoms. The second kappa shape index (κ2) is 5.44. The maximum absolute atomic E-state index is 12.5. The van der Waals surface area contributed by atoms with Gasteiger partial charge in [-0.15, -0.1) is 0 Å². The molecule has 0 aromatic carbocycles. The molecule has 2 atom stereocenters. The number of aromatic nitrogens is 3. The van der Waals surface area contributed by atoms with Crippen LogP contribution in [0, 0.1) is 19.8 Å². The van der Waals surface area contributed by atoms with Gasteiger partial charge in [-0.1, -0.05) is 6.42 Å². The van der Waals surface area contributed by atoms with Crippen molar-refractivity contribution in [3.8, 4) is 0 Å². The SMILES string of the molecule is Cc1cc(C)n2ncc(C(=O)NC3CCCC3CO)c2n1. The monoisotopic (exact) mass is 288 g/mol. The minimum atomic E-state index is -0.159. The lowest BCUT2D eigenvalue weighted by atomic mass is 10.0. The molecular weight excluding hydrogens is 268 g/mol. The van der Waals surface area contributed by atoms with Crippen LogP contribution in [0.15, 0.2) is 12.3 Å². The maximum Gasteiger partial charge on any atom is 0.256 e. The smallest absolute Gasteiger partial charge is 0.256 e. The van der Waals surface area contributed by atoms with Crippen LogP contribution < -0.4 is 5.32 Å². The Bertz CT molecular complexity index is 680. The first-order valence-electron chi connectivity index (χ1n) is 7.34. The molecule has 1 aliphatic carbocycles. The van der Waals surface area contributed by atoms with E-state index in [-0.39, 0.29) is 24.5 Å². The molecule has 1 aliphatic rings. The molecule has 3 rings (SSSR count). The number of rotatable bonds is 3. The fourth-order valence-corrected chi connectivity index (χ4v) is 3.12. The molecule has 0 bridgehead atoms. The summed E-state index contributed by atoms with van der Waals surface area (Å²) in [4.78, 5) is 16.9. The number of carbonyl (C=O) groups excluding carboxylic acids is 1. The van der Waals surface area contributed by atoms with Gasteiger partial charge in [-0.05, 0) is 32.8 Å². The van der Waals surface area contributed by atoms with Crippen LogP contribution in [0.5, 0.6) is 0 Å². The molecule has 21 heavy (non-hydrogen) atoms. The van der Waals surface area contributed by atoms with Gasteiger partial charge in [0.15, 0.2) is 5.65 Å². The molecule has 2 unspecified atom stereocenters. The third-order valence-electron chi connectivity index (χ3n) is 4.23. The van der Waals surface area contributed by atoms with Crippen molar-refractivity contribution in [2.75, 3.05) is 6.61 Å². The predicted molar refractivity (Wildman–Crippen MR) is 78.1 cm³/mol. The number of fused-ring (bicyclic) bond motifs is 1. The Hall–Kier alpha value is -1.95. The number of hydrogen-bond donors (Lipinski definition) is 2. The Morgan fingerprint density at radius 2 is 2.29 bits per heavy atom. The highest BCUT2D eigenvalue weighted by molar-refractivity contribution is 5.99. The van der Waals surface area contributed by atoms with Crippen LogP contribution in [0.2, 0.25) is 0 Å². The Labute approximate surface area is 123 Å². The summed E-state index contributed by atoms with van der Waals surface area (Å²) in [6, 6.07) is 1.98. The summed E-state index contributed by atoms with van der Waals surface area (Å²) in [5, 5.41) is 16.6. The molecule has 1 amide bonds. The molecular formula is C15H20N4O2. The predicted octanol–water partition coefficient (Wildman–Crippen LogP) is 1.24. The summed E-state index contributed by atoms with van der Waals surface area (Å²) in [7, 11) is 0. The molecule has 2 aromatic rings. The number of hydrogen-bond acceptors (Lipinski definition) is 4. The van der Waals surface area contributed by atoms with Gasteiger partial charge in [0, 0.05) is 30.0 Å². The summed E-state index contributed by atoms with van der Waals surface area (Å²) < 4.78 is 1.68. The number of carbonyl (C=O) groups is 1. The maximum atomic E-state index is 12.5. The fourth-order valence-electron chi connectivity index (χ4n) is 3.12. The lowest BCUT2D eigenvalue weighted by molar-refractivity contribution is 0.0917. The van der Waals surface area contributed by atoms with E-state index >= 15 is 0 Å². The van der Waals surface area contributed by atoms with Crippen LogP contribution in [0.3, 0.4) is 0 Å². The topological polar surface area (TPSA) is 79.5 Å². The normalized spacial score (nSPS) is 21.9. The average molecular weight is 288 g/mol. The molecule has 1 fully saturated rings. The van der Waals surface area contributed by atoms with E-state index in [1.165, 1.54) is 0 Å². The highest BCUT2D eigenvalue weighted by Crippen LogP contribution is 2.25. The quantitative estimate of drug-likeness (QED) is 0.890. The number of amides is 1. The molecule has 2 aromatic heterocycles. The summed E-state index contributed by atoms with van der Waals surface area (Å²) >= 11 is 0. The van der Waals surface area contributed by atoms with Crippen LogP contribution in [0.4, 0.5) is 0 Å². The van der Waals surface area contributed by atoms with Gasteiger partial charge in [-0.3, -0.25) is 4.79 Å². The van der Waals surface area contributed by atoms with Gasteiger partial charge < -0.3 is 10.4 Å². The van der Waals surface area contributed by atoms with Gasteiger partial charge in [-0.2, -0.15) is 5.10 Å². The fraction of sp³-hybridized carbons (Fsp3) is 0.533. The molecule has 112 valence electrons. The van der Waals surface area contributed by atoms with E-state index < -0.39 is 0 Å². The Balaban J connectivity index is 1.88. The van der Waals surface area contributed by atoms with Crippen molar-refractivity contribution in [1.29, 1.82) is 0 Å². The second-order valence-electron chi connectivity index (χ2n) is 5.79. The third-order valence-corrected chi connectivity index (χ3v) is 4.23. The highest BCUT2D eigenvalue weighted by Gasteiger charge is 2.29. The largest absolute Gasteiger partial charge is 0.396 e. The second-order valence-corrected chi connectivity index (χ2v) is 5.79. The third kappa shape index (κ3) is 2.51. The summed E-state index contributed by atoms with van der Waals surface area (Å²) in [6.07, 6.45) is 4.49. The first kappa shape index (κ1) is 14.0. The minimum absolute atomic E-state index is 0.0448. The van der Waals surface area contributed by atoms with Gasteiger partial charge in [0.1, 0.15) is 5.56 Å². The van der Waals surface area contributed by atoms with Gasteiger partial charge >= 0.3 is 0 Å². The van der Waals surface area contributed by atoms with Gasteiger partial charge in [0.25, 0.3) is 5.91 Å². The zero-order valence-electron chi connectivity index (χ0n) is 12.3. The minimum Gasteiger partial charge on any atom is -0.396 e. The van der Waals surface area contributed by atoms with Crippen molar-refractivity contribution in [2.24, 2.45) is 5.92 Å². The Kier molecular flexibility index (Phi) is 3.63. The summed E-state index contributed by atoms with van der Waals surface area (Å²) in [5.41, 5.74) is 2.89. The molecule has 2 heterocycles. The van der Waals surface area contributed by atoms with Crippen molar-refractivity contribution in [3.05, 3.63) is 29.2 Å². The molecule has 0 saturated heterocycles. The van der Waals surface area contributed by atoms with E-state index in [1.807, 2.05) is 19.9 Å². The Morgan fingerprint density at radius 3 is 3.05 bits per heavy atom. The molecule has 0 radical (unpaired) electrons. The van der Waals surface area contributed by atoms with Crippen LogP contribution >= 0.6 is 0 Å². The van der Waals surface area contributed by atoms with Gasteiger partial charge in [0.2, 0.25) is 0 Å². The van der Waals surface area contributed by atoms with Crippen molar-refractivity contribution in [3.63, 3.8) is 0 Å².